The first-order chi connectivity index (χ1) is 14.2. The third-order valence-corrected chi connectivity index (χ3v) is 6.12. The standard InChI is InChI=1S/C23H26N2O4/c1-27-20-10-4-7-18-19(20)14-25(23(18)26)16-6-5-11-24(12-16)13-17-15-28-21-8-2-3-9-22(21)29-17/h2-4,7-10,16-17H,5-6,11-15H2,1H3. The van der Waals surface area contributed by atoms with E-state index in [1.807, 2.05) is 47.4 Å². The molecule has 0 spiro atoms. The molecule has 0 aromatic heterocycles. The van der Waals surface area contributed by atoms with Gasteiger partial charge < -0.3 is 19.1 Å². The zero-order valence-corrected chi connectivity index (χ0v) is 16.7. The molecule has 5 rings (SSSR count). The van der Waals surface area contributed by atoms with Crippen LogP contribution in [0.2, 0.25) is 0 Å². The van der Waals surface area contributed by atoms with Crippen molar-refractivity contribution in [2.75, 3.05) is 33.4 Å². The van der Waals surface area contributed by atoms with E-state index < -0.39 is 0 Å². The number of amides is 1. The van der Waals surface area contributed by atoms with Gasteiger partial charge in [-0.3, -0.25) is 9.69 Å². The Balaban J connectivity index is 1.24. The van der Waals surface area contributed by atoms with Gasteiger partial charge in [-0.15, -0.1) is 0 Å². The van der Waals surface area contributed by atoms with Crippen LogP contribution < -0.4 is 14.2 Å². The third kappa shape index (κ3) is 3.42. The molecule has 0 radical (unpaired) electrons. The molecule has 2 aromatic carbocycles. The van der Waals surface area contributed by atoms with Crippen molar-refractivity contribution >= 4 is 5.91 Å². The number of nitrogens with zero attached hydrogens (tertiary/aromatic N) is 2. The van der Waals surface area contributed by atoms with E-state index in [1.165, 1.54) is 0 Å². The van der Waals surface area contributed by atoms with E-state index in [2.05, 4.69) is 4.90 Å². The van der Waals surface area contributed by atoms with Crippen LogP contribution in [0.15, 0.2) is 42.5 Å². The first-order valence-corrected chi connectivity index (χ1v) is 10.3. The number of carbonyl (C=O) groups excluding carboxylic acids is 1. The second-order valence-corrected chi connectivity index (χ2v) is 7.97. The second-order valence-electron chi connectivity index (χ2n) is 7.97. The van der Waals surface area contributed by atoms with E-state index in [0.29, 0.717) is 13.2 Å². The van der Waals surface area contributed by atoms with Gasteiger partial charge in [-0.1, -0.05) is 18.2 Å². The van der Waals surface area contributed by atoms with Gasteiger partial charge in [0.25, 0.3) is 5.91 Å². The van der Waals surface area contributed by atoms with Crippen LogP contribution in [-0.2, 0) is 6.54 Å². The highest BCUT2D eigenvalue weighted by Gasteiger charge is 2.37. The van der Waals surface area contributed by atoms with Gasteiger partial charge in [-0.25, -0.2) is 0 Å². The normalized spacial score (nSPS) is 23.8. The van der Waals surface area contributed by atoms with Crippen LogP contribution in [-0.4, -0.2) is 61.2 Å². The van der Waals surface area contributed by atoms with E-state index >= 15 is 0 Å². The summed E-state index contributed by atoms with van der Waals surface area (Å²) in [6.07, 6.45) is 2.12. The summed E-state index contributed by atoms with van der Waals surface area (Å²) in [6, 6.07) is 13.8. The van der Waals surface area contributed by atoms with E-state index in [4.69, 9.17) is 14.2 Å². The maximum atomic E-state index is 13.0. The summed E-state index contributed by atoms with van der Waals surface area (Å²) in [5.74, 6) is 2.55. The molecule has 0 N–H and O–H groups in total. The maximum absolute atomic E-state index is 13.0. The summed E-state index contributed by atoms with van der Waals surface area (Å²) in [5.41, 5.74) is 1.79. The minimum atomic E-state index is 0.00946. The zero-order valence-electron chi connectivity index (χ0n) is 16.7. The molecule has 3 aliphatic rings. The van der Waals surface area contributed by atoms with Crippen LogP contribution >= 0.6 is 0 Å². The maximum Gasteiger partial charge on any atom is 0.254 e. The average Bonchev–Trinajstić information content (AvgIpc) is 3.11. The van der Waals surface area contributed by atoms with Crippen LogP contribution in [0.3, 0.4) is 0 Å². The number of hydrogen-bond donors (Lipinski definition) is 0. The van der Waals surface area contributed by atoms with Gasteiger partial charge in [0.05, 0.1) is 13.7 Å². The SMILES string of the molecule is COc1cccc2c1CN(C1CCCN(CC3COc4ccccc4O3)C1)C2=O. The van der Waals surface area contributed by atoms with E-state index in [0.717, 1.165) is 60.9 Å². The van der Waals surface area contributed by atoms with Gasteiger partial charge in [0.1, 0.15) is 18.5 Å². The summed E-state index contributed by atoms with van der Waals surface area (Å²) in [4.78, 5) is 17.4. The van der Waals surface area contributed by atoms with Crippen molar-refractivity contribution in [1.29, 1.82) is 0 Å². The first kappa shape index (κ1) is 18.3. The van der Waals surface area contributed by atoms with Gasteiger partial charge in [-0.05, 0) is 43.7 Å². The highest BCUT2D eigenvalue weighted by molar-refractivity contribution is 5.99. The molecule has 0 bridgehead atoms. The van der Waals surface area contributed by atoms with Crippen molar-refractivity contribution in [3.63, 3.8) is 0 Å². The number of piperidine rings is 1. The Morgan fingerprint density at radius 2 is 2.00 bits per heavy atom. The van der Waals surface area contributed by atoms with Crippen molar-refractivity contribution in [1.82, 2.24) is 9.80 Å². The van der Waals surface area contributed by atoms with E-state index in [1.54, 1.807) is 7.11 Å². The number of rotatable bonds is 4. The lowest BCUT2D eigenvalue weighted by molar-refractivity contribution is 0.0306. The number of carbonyl (C=O) groups is 1. The number of hydrogen-bond acceptors (Lipinski definition) is 5. The predicted octanol–water partition coefficient (Wildman–Crippen LogP) is 2.96. The van der Waals surface area contributed by atoms with Gasteiger partial charge in [0.2, 0.25) is 0 Å². The van der Waals surface area contributed by atoms with Gasteiger partial charge in [-0.2, -0.15) is 0 Å². The number of methoxy groups -OCH3 is 1. The molecule has 2 unspecified atom stereocenters. The van der Waals surface area contributed by atoms with Crippen molar-refractivity contribution in [3.8, 4) is 17.2 Å². The number of para-hydroxylation sites is 2. The summed E-state index contributed by atoms with van der Waals surface area (Å²) < 4.78 is 17.5. The molecule has 0 saturated carbocycles. The number of fused-ring (bicyclic) bond motifs is 2. The van der Waals surface area contributed by atoms with Crippen molar-refractivity contribution in [2.24, 2.45) is 0 Å². The lowest BCUT2D eigenvalue weighted by Crippen LogP contribution is -2.51. The largest absolute Gasteiger partial charge is 0.496 e. The van der Waals surface area contributed by atoms with Crippen molar-refractivity contribution in [3.05, 3.63) is 53.6 Å². The van der Waals surface area contributed by atoms with Crippen LogP contribution in [0.1, 0.15) is 28.8 Å². The molecule has 2 atom stereocenters. The molecule has 6 nitrogen and oxygen atoms in total. The van der Waals surface area contributed by atoms with Crippen LogP contribution in [0.4, 0.5) is 0 Å². The average molecular weight is 394 g/mol. The minimum absolute atomic E-state index is 0.00946. The van der Waals surface area contributed by atoms with Crippen molar-refractivity contribution < 1.29 is 19.0 Å². The fourth-order valence-electron chi connectivity index (χ4n) is 4.70. The predicted molar refractivity (Wildman–Crippen MR) is 109 cm³/mol. The minimum Gasteiger partial charge on any atom is -0.496 e. The highest BCUT2D eigenvalue weighted by atomic mass is 16.6. The van der Waals surface area contributed by atoms with Crippen LogP contribution in [0, 0.1) is 0 Å². The number of benzene rings is 2. The molecule has 29 heavy (non-hydrogen) atoms. The Morgan fingerprint density at radius 3 is 2.86 bits per heavy atom. The quantitative estimate of drug-likeness (QED) is 0.798. The molecule has 6 heteroatoms. The third-order valence-electron chi connectivity index (χ3n) is 6.12. The molecular formula is C23H26N2O4. The fraction of sp³-hybridized carbons (Fsp3) is 0.435. The Labute approximate surface area is 171 Å². The second kappa shape index (κ2) is 7.59. The smallest absolute Gasteiger partial charge is 0.254 e. The molecule has 2 aromatic rings. The van der Waals surface area contributed by atoms with Crippen LogP contribution in [0.5, 0.6) is 17.2 Å². The molecule has 3 aliphatic heterocycles. The van der Waals surface area contributed by atoms with Gasteiger partial charge >= 0.3 is 0 Å². The lowest BCUT2D eigenvalue weighted by Gasteiger charge is -2.39. The lowest BCUT2D eigenvalue weighted by atomic mass is 10.0. The first-order valence-electron chi connectivity index (χ1n) is 10.3. The van der Waals surface area contributed by atoms with Gasteiger partial charge in [0, 0.05) is 30.3 Å². The Kier molecular flexibility index (Phi) is 4.79. The topological polar surface area (TPSA) is 51.2 Å². The van der Waals surface area contributed by atoms with Gasteiger partial charge in [0.15, 0.2) is 11.5 Å². The monoisotopic (exact) mass is 394 g/mol. The number of ether oxygens (including phenoxy) is 3. The molecule has 0 aliphatic carbocycles. The molecule has 1 saturated heterocycles. The molecule has 152 valence electrons. The molecule has 1 amide bonds. The summed E-state index contributed by atoms with van der Waals surface area (Å²) in [7, 11) is 1.66. The Bertz CT molecular complexity index is 916. The van der Waals surface area contributed by atoms with E-state index in [-0.39, 0.29) is 18.1 Å². The Hall–Kier alpha value is -2.73. The number of likely N-dealkylation sites (tertiary alicyclic amines) is 1. The molecule has 3 heterocycles. The summed E-state index contributed by atoms with van der Waals surface area (Å²) in [5, 5.41) is 0. The van der Waals surface area contributed by atoms with Crippen LogP contribution in [0.25, 0.3) is 0 Å². The Morgan fingerprint density at radius 1 is 1.14 bits per heavy atom. The highest BCUT2D eigenvalue weighted by Crippen LogP contribution is 2.34. The fourth-order valence-corrected chi connectivity index (χ4v) is 4.70. The molecule has 1 fully saturated rings. The van der Waals surface area contributed by atoms with E-state index in [9.17, 15) is 4.79 Å². The van der Waals surface area contributed by atoms with Crippen molar-refractivity contribution in [2.45, 2.75) is 31.5 Å². The summed E-state index contributed by atoms with van der Waals surface area (Å²) in [6.45, 7) is 3.89. The zero-order chi connectivity index (χ0) is 19.8. The summed E-state index contributed by atoms with van der Waals surface area (Å²) >= 11 is 0. The molecular weight excluding hydrogens is 368 g/mol.